The summed E-state index contributed by atoms with van der Waals surface area (Å²) in [6.45, 7) is 3.70. The first-order chi connectivity index (χ1) is 15.6. The minimum atomic E-state index is -0.0958. The lowest BCUT2D eigenvalue weighted by Crippen LogP contribution is -2.31. The third-order valence-electron chi connectivity index (χ3n) is 6.66. The molecule has 0 radical (unpaired) electrons. The zero-order valence-electron chi connectivity index (χ0n) is 18.5. The molecule has 0 spiro atoms. The molecule has 2 amide bonds. The Labute approximate surface area is 192 Å². The topological polar surface area (TPSA) is 78.1 Å². The Kier molecular flexibility index (Phi) is 6.00. The maximum Gasteiger partial charge on any atom is 0.263 e. The largest absolute Gasteiger partial charge is 0.349 e. The number of nitrogens with one attached hydrogen (secondary N) is 2. The zero-order chi connectivity index (χ0) is 22.1. The second-order valence-electron chi connectivity index (χ2n) is 9.14. The molecule has 1 saturated heterocycles. The van der Waals surface area contributed by atoms with Gasteiger partial charge in [-0.15, -0.1) is 11.3 Å². The van der Waals surface area contributed by atoms with Gasteiger partial charge in [-0.3, -0.25) is 9.59 Å². The second kappa shape index (κ2) is 9.06. The average Bonchev–Trinajstić information content (AvgIpc) is 3.25. The Morgan fingerprint density at radius 2 is 1.94 bits per heavy atom. The molecule has 2 aromatic heterocycles. The molecule has 3 aromatic rings. The van der Waals surface area contributed by atoms with E-state index in [2.05, 4.69) is 15.3 Å². The minimum Gasteiger partial charge on any atom is -0.349 e. The molecule has 32 heavy (non-hydrogen) atoms. The van der Waals surface area contributed by atoms with Gasteiger partial charge in [0.2, 0.25) is 5.91 Å². The van der Waals surface area contributed by atoms with E-state index in [-0.39, 0.29) is 17.9 Å². The van der Waals surface area contributed by atoms with Crippen LogP contribution in [0, 0.1) is 5.92 Å². The zero-order valence-corrected chi connectivity index (χ0v) is 19.3. The molecule has 1 aliphatic carbocycles. The molecule has 0 bridgehead atoms. The number of thiophene rings is 1. The Hall–Kier alpha value is -2.67. The number of aromatic nitrogens is 2. The quantitative estimate of drug-likeness (QED) is 0.554. The Morgan fingerprint density at radius 1 is 1.16 bits per heavy atom. The van der Waals surface area contributed by atoms with Gasteiger partial charge in [-0.2, -0.15) is 0 Å². The number of hydrogen-bond donors (Lipinski definition) is 2. The number of H-pyrrole nitrogens is 1. The van der Waals surface area contributed by atoms with Gasteiger partial charge < -0.3 is 15.2 Å². The summed E-state index contributed by atoms with van der Waals surface area (Å²) in [5.41, 5.74) is 2.03. The van der Waals surface area contributed by atoms with Crippen molar-refractivity contribution in [2.45, 2.75) is 57.4 Å². The molecule has 6 nitrogen and oxygen atoms in total. The molecule has 168 valence electrons. The number of aromatic amines is 1. The fraction of sp³-hybridized carbons (Fsp3) is 0.480. The van der Waals surface area contributed by atoms with E-state index in [1.807, 2.05) is 48.2 Å². The van der Waals surface area contributed by atoms with E-state index in [9.17, 15) is 9.59 Å². The summed E-state index contributed by atoms with van der Waals surface area (Å²) in [6.07, 6.45) is 6.10. The summed E-state index contributed by atoms with van der Waals surface area (Å²) in [6, 6.07) is 11.8. The minimum absolute atomic E-state index is 0.0647. The lowest BCUT2D eigenvalue weighted by Gasteiger charge is -2.19. The molecule has 5 rings (SSSR count). The van der Waals surface area contributed by atoms with E-state index < -0.39 is 0 Å². The van der Waals surface area contributed by atoms with E-state index in [4.69, 9.17) is 0 Å². The Morgan fingerprint density at radius 3 is 2.72 bits per heavy atom. The highest BCUT2D eigenvalue weighted by Crippen LogP contribution is 2.48. The molecule has 3 heterocycles. The molecule has 1 aromatic carbocycles. The second-order valence-corrected chi connectivity index (χ2v) is 10.3. The highest BCUT2D eigenvalue weighted by molar-refractivity contribution is 7.14. The molecule has 2 aliphatic rings. The van der Waals surface area contributed by atoms with Crippen molar-refractivity contribution in [2.24, 2.45) is 5.92 Å². The smallest absolute Gasteiger partial charge is 0.263 e. The molecular formula is C25H30N4O2S. The molecule has 3 atom stereocenters. The molecule has 0 unspecified atom stereocenters. The number of amides is 2. The van der Waals surface area contributed by atoms with Gasteiger partial charge in [0, 0.05) is 30.3 Å². The van der Waals surface area contributed by atoms with E-state index in [0.717, 1.165) is 59.0 Å². The predicted octanol–water partition coefficient (Wildman–Crippen LogP) is 5.01. The van der Waals surface area contributed by atoms with Crippen molar-refractivity contribution in [3.63, 3.8) is 0 Å². The van der Waals surface area contributed by atoms with Crippen LogP contribution >= 0.6 is 11.3 Å². The van der Waals surface area contributed by atoms with Crippen LogP contribution in [0.15, 0.2) is 36.4 Å². The molecule has 1 aliphatic heterocycles. The van der Waals surface area contributed by atoms with Crippen LogP contribution < -0.4 is 5.32 Å². The van der Waals surface area contributed by atoms with Gasteiger partial charge in [0.25, 0.3) is 5.91 Å². The Bertz CT molecular complexity index is 1080. The number of imidazole rings is 1. The number of likely N-dealkylation sites (tertiary alicyclic amines) is 1. The van der Waals surface area contributed by atoms with Crippen molar-refractivity contribution in [3.8, 4) is 0 Å². The molecule has 2 fully saturated rings. The first kappa shape index (κ1) is 21.2. The van der Waals surface area contributed by atoms with Crippen LogP contribution in [0.2, 0.25) is 0 Å². The van der Waals surface area contributed by atoms with E-state index >= 15 is 0 Å². The van der Waals surface area contributed by atoms with Crippen LogP contribution in [0.4, 0.5) is 0 Å². The van der Waals surface area contributed by atoms with Crippen LogP contribution in [0.25, 0.3) is 11.0 Å². The number of para-hydroxylation sites is 2. The van der Waals surface area contributed by atoms with E-state index in [1.165, 1.54) is 24.2 Å². The van der Waals surface area contributed by atoms with Crippen LogP contribution in [-0.2, 0) is 4.79 Å². The van der Waals surface area contributed by atoms with Gasteiger partial charge in [0.1, 0.15) is 5.82 Å². The van der Waals surface area contributed by atoms with Crippen molar-refractivity contribution in [1.82, 2.24) is 20.2 Å². The molecule has 2 N–H and O–H groups in total. The number of benzene rings is 1. The summed E-state index contributed by atoms with van der Waals surface area (Å²) in [5, 5.41) is 3.12. The van der Waals surface area contributed by atoms with Crippen molar-refractivity contribution >= 4 is 34.2 Å². The number of nitrogens with zero attached hydrogens (tertiary/aromatic N) is 2. The summed E-state index contributed by atoms with van der Waals surface area (Å²) in [5.74, 6) is 1.87. The maximum atomic E-state index is 12.8. The number of fused-ring (bicyclic) bond motifs is 1. The standard InChI is InChI=1S/C25H30N4O2S/c1-16(21-10-11-22(32-21)25(31)29-12-6-2-3-7-13-29)26-23(30)15-17-14-18(17)24-27-19-8-4-5-9-20(19)28-24/h4-5,8-11,16-18H,2-3,6-7,12-15H2,1H3,(H,26,30)(H,27,28)/t16-,17-,18-/m1/s1. The fourth-order valence-electron chi connectivity index (χ4n) is 4.70. The highest BCUT2D eigenvalue weighted by Gasteiger charge is 2.42. The average molecular weight is 451 g/mol. The van der Waals surface area contributed by atoms with Crippen molar-refractivity contribution in [1.29, 1.82) is 0 Å². The van der Waals surface area contributed by atoms with Gasteiger partial charge in [0.05, 0.1) is 22.0 Å². The number of carbonyl (C=O) groups is 2. The van der Waals surface area contributed by atoms with Crippen molar-refractivity contribution < 1.29 is 9.59 Å². The van der Waals surface area contributed by atoms with Crippen LogP contribution in [0.5, 0.6) is 0 Å². The normalized spacial score (nSPS) is 21.8. The van der Waals surface area contributed by atoms with Gasteiger partial charge in [-0.1, -0.05) is 25.0 Å². The predicted molar refractivity (Wildman–Crippen MR) is 127 cm³/mol. The maximum absolute atomic E-state index is 12.8. The van der Waals surface area contributed by atoms with Crippen molar-refractivity contribution in [2.75, 3.05) is 13.1 Å². The first-order valence-corrected chi connectivity index (χ1v) is 12.5. The molecule has 7 heteroatoms. The third kappa shape index (κ3) is 4.58. The van der Waals surface area contributed by atoms with Gasteiger partial charge >= 0.3 is 0 Å². The monoisotopic (exact) mass is 450 g/mol. The van der Waals surface area contributed by atoms with E-state index in [0.29, 0.717) is 18.3 Å². The van der Waals surface area contributed by atoms with Crippen LogP contribution in [0.1, 0.15) is 77.8 Å². The van der Waals surface area contributed by atoms with Gasteiger partial charge in [-0.05, 0) is 56.4 Å². The lowest BCUT2D eigenvalue weighted by atomic mass is 10.2. The third-order valence-corrected chi connectivity index (χ3v) is 7.92. The SMILES string of the molecule is C[C@@H](NC(=O)C[C@H]1C[C@H]1c1nc2ccccc2[nH]1)c1ccc(C(=O)N2CCCCCC2)s1. The Balaban J connectivity index is 1.14. The lowest BCUT2D eigenvalue weighted by molar-refractivity contribution is -0.122. The summed E-state index contributed by atoms with van der Waals surface area (Å²) in [7, 11) is 0. The first-order valence-electron chi connectivity index (χ1n) is 11.7. The summed E-state index contributed by atoms with van der Waals surface area (Å²) >= 11 is 1.50. The molecule has 1 saturated carbocycles. The number of rotatable bonds is 6. The summed E-state index contributed by atoms with van der Waals surface area (Å²) < 4.78 is 0. The number of hydrogen-bond acceptors (Lipinski definition) is 4. The molecular weight excluding hydrogens is 420 g/mol. The fourth-order valence-corrected chi connectivity index (χ4v) is 5.67. The van der Waals surface area contributed by atoms with E-state index in [1.54, 1.807) is 0 Å². The summed E-state index contributed by atoms with van der Waals surface area (Å²) in [4.78, 5) is 37.3. The highest BCUT2D eigenvalue weighted by atomic mass is 32.1. The van der Waals surface area contributed by atoms with Crippen LogP contribution in [-0.4, -0.2) is 39.8 Å². The van der Waals surface area contributed by atoms with Crippen LogP contribution in [0.3, 0.4) is 0 Å². The van der Waals surface area contributed by atoms with Gasteiger partial charge in [-0.25, -0.2) is 4.98 Å². The van der Waals surface area contributed by atoms with Crippen molar-refractivity contribution in [3.05, 3.63) is 52.0 Å². The van der Waals surface area contributed by atoms with Gasteiger partial charge in [0.15, 0.2) is 0 Å². The number of carbonyl (C=O) groups excluding carboxylic acids is 2.